The second-order valence-electron chi connectivity index (χ2n) is 9.00. The molecule has 3 heterocycles. The Morgan fingerprint density at radius 3 is 2.34 bits per heavy atom. The Morgan fingerprint density at radius 1 is 1.03 bits per heavy atom. The Bertz CT molecular complexity index is 1170. The van der Waals surface area contributed by atoms with Crippen molar-refractivity contribution in [1.82, 2.24) is 14.5 Å². The zero-order chi connectivity index (χ0) is 25.1. The molecule has 2 amide bonds. The molecule has 0 spiro atoms. The molecule has 188 valence electrons. The maximum atomic E-state index is 12.4. The molecule has 4 atom stereocenters. The zero-order valence-electron chi connectivity index (χ0n) is 19.9. The van der Waals surface area contributed by atoms with Gasteiger partial charge in [0.1, 0.15) is 12.2 Å². The van der Waals surface area contributed by atoms with Crippen LogP contribution in [0.2, 0.25) is 0 Å². The molecule has 1 fully saturated rings. The molecule has 0 radical (unpaired) electrons. The number of aryl methyl sites for hydroxylation is 1. The van der Waals surface area contributed by atoms with Gasteiger partial charge in [-0.25, -0.2) is 4.79 Å². The average Bonchev–Trinajstić information content (AvgIpc) is 3.29. The molecule has 0 aliphatic carbocycles. The number of rotatable bonds is 10. The summed E-state index contributed by atoms with van der Waals surface area (Å²) in [5.74, 6) is -0.470. The molecular formula is C25H31N3O7. The van der Waals surface area contributed by atoms with Crippen molar-refractivity contribution in [2.24, 2.45) is 0 Å². The smallest absolute Gasteiger partial charge is 0.330 e. The molecule has 1 unspecified atom stereocenters. The molecule has 4 rings (SSSR count). The second kappa shape index (κ2) is 10.7. The highest BCUT2D eigenvalue weighted by molar-refractivity contribution is 6.21. The van der Waals surface area contributed by atoms with E-state index in [1.165, 1.54) is 15.7 Å². The lowest BCUT2D eigenvalue weighted by atomic mass is 10.1. The highest BCUT2D eigenvalue weighted by Gasteiger charge is 2.45. The van der Waals surface area contributed by atoms with Gasteiger partial charge in [0.25, 0.3) is 17.4 Å². The zero-order valence-corrected chi connectivity index (χ0v) is 19.9. The molecule has 2 aliphatic heterocycles. The number of carbonyl (C=O) groups excluding carboxylic acids is 2. The van der Waals surface area contributed by atoms with Gasteiger partial charge in [-0.3, -0.25) is 28.8 Å². The number of amides is 2. The first-order valence-corrected chi connectivity index (χ1v) is 12.1. The quantitative estimate of drug-likeness (QED) is 0.387. The molecular weight excluding hydrogens is 454 g/mol. The van der Waals surface area contributed by atoms with Crippen molar-refractivity contribution in [2.45, 2.75) is 70.5 Å². The minimum Gasteiger partial charge on any atom is -0.386 e. The number of hydrogen-bond donors (Lipinski definition) is 2. The van der Waals surface area contributed by atoms with Crippen molar-refractivity contribution in [1.29, 1.82) is 0 Å². The summed E-state index contributed by atoms with van der Waals surface area (Å²) in [6.07, 6.45) is 2.11. The van der Waals surface area contributed by atoms with E-state index >= 15 is 0 Å². The van der Waals surface area contributed by atoms with E-state index in [4.69, 9.17) is 9.47 Å². The van der Waals surface area contributed by atoms with Crippen LogP contribution in [0.25, 0.3) is 0 Å². The van der Waals surface area contributed by atoms with Gasteiger partial charge >= 0.3 is 5.69 Å². The number of ether oxygens (including phenoxy) is 2. The number of carbonyl (C=O) groups is 2. The molecule has 2 N–H and O–H groups in total. The Kier molecular flexibility index (Phi) is 7.63. The number of H-pyrrole nitrogens is 1. The third-order valence-electron chi connectivity index (χ3n) is 6.60. The Balaban J connectivity index is 1.22. The fraction of sp³-hybridized carbons (Fsp3) is 0.520. The molecule has 2 aliphatic rings. The van der Waals surface area contributed by atoms with Crippen molar-refractivity contribution < 1.29 is 24.2 Å². The summed E-state index contributed by atoms with van der Waals surface area (Å²) in [5, 5.41) is 10.8. The first-order valence-electron chi connectivity index (χ1n) is 12.1. The predicted octanol–water partition coefficient (Wildman–Crippen LogP) is 1.76. The number of imide groups is 1. The van der Waals surface area contributed by atoms with Crippen molar-refractivity contribution in [3.8, 4) is 0 Å². The Hall–Kier alpha value is -3.08. The van der Waals surface area contributed by atoms with Crippen molar-refractivity contribution in [3.63, 3.8) is 0 Å². The van der Waals surface area contributed by atoms with Gasteiger partial charge in [0.05, 0.1) is 17.2 Å². The fourth-order valence-corrected chi connectivity index (χ4v) is 4.65. The molecule has 1 aromatic carbocycles. The van der Waals surface area contributed by atoms with E-state index in [0.29, 0.717) is 42.7 Å². The number of aliphatic hydroxyl groups excluding tert-OH is 1. The van der Waals surface area contributed by atoms with Crippen molar-refractivity contribution in [3.05, 3.63) is 68.0 Å². The Morgan fingerprint density at radius 2 is 1.69 bits per heavy atom. The minimum atomic E-state index is -1.06. The van der Waals surface area contributed by atoms with E-state index in [-0.39, 0.29) is 17.9 Å². The first-order chi connectivity index (χ1) is 16.8. The van der Waals surface area contributed by atoms with Crippen molar-refractivity contribution in [2.75, 3.05) is 13.2 Å². The predicted molar refractivity (Wildman–Crippen MR) is 126 cm³/mol. The first kappa shape index (κ1) is 25.0. The van der Waals surface area contributed by atoms with Gasteiger partial charge in [-0.2, -0.15) is 0 Å². The third kappa shape index (κ3) is 5.00. The Labute approximate surface area is 202 Å². The minimum absolute atomic E-state index is 0.235. The van der Waals surface area contributed by atoms with Crippen LogP contribution < -0.4 is 11.2 Å². The van der Waals surface area contributed by atoms with Crippen LogP contribution in [0, 0.1) is 6.92 Å². The third-order valence-corrected chi connectivity index (χ3v) is 6.60. The maximum absolute atomic E-state index is 12.4. The van der Waals surface area contributed by atoms with E-state index in [1.54, 1.807) is 31.2 Å². The molecule has 10 heteroatoms. The lowest BCUT2D eigenvalue weighted by Crippen LogP contribution is -2.39. The topological polar surface area (TPSA) is 131 Å². The average molecular weight is 486 g/mol. The van der Waals surface area contributed by atoms with Gasteiger partial charge in [0.2, 0.25) is 0 Å². The number of nitrogens with zero attached hydrogens (tertiary/aromatic N) is 2. The van der Waals surface area contributed by atoms with Gasteiger partial charge in [-0.1, -0.05) is 31.9 Å². The molecule has 10 nitrogen and oxygen atoms in total. The summed E-state index contributed by atoms with van der Waals surface area (Å²) in [6, 6.07) is 6.86. The van der Waals surface area contributed by atoms with Crippen LogP contribution >= 0.6 is 0 Å². The normalized spacial score (nSPS) is 23.8. The molecule has 2 aromatic rings. The van der Waals surface area contributed by atoms with Gasteiger partial charge < -0.3 is 14.6 Å². The van der Waals surface area contributed by atoms with Gasteiger partial charge in [0.15, 0.2) is 6.23 Å². The van der Waals surface area contributed by atoms with Gasteiger partial charge in [-0.05, 0) is 38.3 Å². The van der Waals surface area contributed by atoms with Crippen LogP contribution in [-0.2, 0) is 9.47 Å². The number of nitrogens with one attached hydrogen (secondary N) is 1. The van der Waals surface area contributed by atoms with Crippen LogP contribution in [0.1, 0.15) is 71.5 Å². The SMILES string of the molecule is CC[C@H]1O[C@@H](n2cc(C)c(=O)[nH]c2=O)C(O)[C@H]1OCCCCCCN1C(=O)c2ccccc2C1=O. The molecule has 1 saturated heterocycles. The highest BCUT2D eigenvalue weighted by atomic mass is 16.6. The van der Waals surface area contributed by atoms with Crippen LogP contribution in [-0.4, -0.2) is 62.8 Å². The van der Waals surface area contributed by atoms with Crippen LogP contribution in [0.4, 0.5) is 0 Å². The van der Waals surface area contributed by atoms with E-state index < -0.39 is 29.7 Å². The maximum Gasteiger partial charge on any atom is 0.330 e. The number of benzene rings is 1. The number of aromatic amines is 1. The standard InChI is InChI=1S/C25H31N3O7/c1-3-18-20(19(29)24(35-18)28-14-15(2)21(30)26-25(28)33)34-13-9-5-4-8-12-27-22(31)16-10-6-7-11-17(16)23(27)32/h6-7,10-11,14,18-20,24,29H,3-5,8-9,12-13H2,1-2H3,(H,26,30,33)/t18-,19?,20+,24-/m1/s1. The molecule has 1 aromatic heterocycles. The number of aromatic nitrogens is 2. The number of unbranched alkanes of at least 4 members (excludes halogenated alkanes) is 3. The number of hydrogen-bond acceptors (Lipinski definition) is 7. The fourth-order valence-electron chi connectivity index (χ4n) is 4.65. The van der Waals surface area contributed by atoms with E-state index in [0.717, 1.165) is 19.3 Å². The summed E-state index contributed by atoms with van der Waals surface area (Å²) >= 11 is 0. The lowest BCUT2D eigenvalue weighted by molar-refractivity contribution is -0.0413. The molecule has 35 heavy (non-hydrogen) atoms. The summed E-state index contributed by atoms with van der Waals surface area (Å²) in [4.78, 5) is 52.2. The molecule has 0 saturated carbocycles. The van der Waals surface area contributed by atoms with Crippen LogP contribution in [0.5, 0.6) is 0 Å². The monoisotopic (exact) mass is 485 g/mol. The van der Waals surface area contributed by atoms with Crippen LogP contribution in [0.15, 0.2) is 40.1 Å². The van der Waals surface area contributed by atoms with Gasteiger partial charge in [0, 0.05) is 24.9 Å². The van der Waals surface area contributed by atoms with Crippen LogP contribution in [0.3, 0.4) is 0 Å². The summed E-state index contributed by atoms with van der Waals surface area (Å²) < 4.78 is 13.0. The summed E-state index contributed by atoms with van der Waals surface area (Å²) in [5.41, 5.74) is 0.163. The van der Waals surface area contributed by atoms with E-state index in [9.17, 15) is 24.3 Å². The lowest BCUT2D eigenvalue weighted by Gasteiger charge is -2.20. The number of fused-ring (bicyclic) bond motifs is 1. The molecule has 0 bridgehead atoms. The number of aliphatic hydroxyl groups is 1. The summed E-state index contributed by atoms with van der Waals surface area (Å²) in [6.45, 7) is 4.28. The van der Waals surface area contributed by atoms with Gasteiger partial charge in [-0.15, -0.1) is 0 Å². The van der Waals surface area contributed by atoms with E-state index in [1.807, 2.05) is 6.92 Å². The van der Waals surface area contributed by atoms with Crippen molar-refractivity contribution >= 4 is 11.8 Å². The highest BCUT2D eigenvalue weighted by Crippen LogP contribution is 2.32. The second-order valence-corrected chi connectivity index (χ2v) is 9.00. The summed E-state index contributed by atoms with van der Waals surface area (Å²) in [7, 11) is 0. The van der Waals surface area contributed by atoms with E-state index in [2.05, 4.69) is 4.98 Å². The largest absolute Gasteiger partial charge is 0.386 e.